The zero-order valence-corrected chi connectivity index (χ0v) is 10.3. The fraction of sp³-hybridized carbons (Fsp3) is 0.267. The van der Waals surface area contributed by atoms with Crippen molar-refractivity contribution in [2.75, 3.05) is 5.32 Å². The summed E-state index contributed by atoms with van der Waals surface area (Å²) in [7, 11) is 0. The van der Waals surface area contributed by atoms with Crippen LogP contribution in [0.25, 0.3) is 0 Å². The lowest BCUT2D eigenvalue weighted by atomic mass is 10.1. The number of pyridine rings is 1. The summed E-state index contributed by atoms with van der Waals surface area (Å²) in [6, 6.07) is 9.31. The van der Waals surface area contributed by atoms with Crippen molar-refractivity contribution in [3.05, 3.63) is 59.2 Å². The number of halogens is 1. The molecule has 18 heavy (non-hydrogen) atoms. The van der Waals surface area contributed by atoms with Crippen molar-refractivity contribution in [1.82, 2.24) is 4.98 Å². The van der Waals surface area contributed by atoms with E-state index in [1.165, 1.54) is 11.6 Å². The lowest BCUT2D eigenvalue weighted by Gasteiger charge is -2.17. The van der Waals surface area contributed by atoms with Gasteiger partial charge >= 0.3 is 0 Å². The Bertz CT molecular complexity index is 560. The highest BCUT2D eigenvalue weighted by Gasteiger charge is 2.24. The van der Waals surface area contributed by atoms with E-state index >= 15 is 0 Å². The number of anilines is 1. The van der Waals surface area contributed by atoms with Crippen LogP contribution in [0, 0.1) is 12.7 Å². The minimum absolute atomic E-state index is 0.122. The van der Waals surface area contributed by atoms with Gasteiger partial charge in [0.25, 0.3) is 0 Å². The maximum Gasteiger partial charge on any atom is 0.146 e. The molecule has 3 heteroatoms. The molecule has 1 aromatic carbocycles. The Morgan fingerprint density at radius 2 is 2.17 bits per heavy atom. The average molecular weight is 242 g/mol. The minimum atomic E-state index is -0.195. The van der Waals surface area contributed by atoms with E-state index in [1.807, 2.05) is 19.1 Å². The Morgan fingerprint density at radius 3 is 3.00 bits per heavy atom. The number of rotatable bonds is 2. The largest absolute Gasteiger partial charge is 0.374 e. The standard InChI is InChI=1S/C15H15FN2/c1-10-4-2-6-12(16)14(10)18-13-8-7-11-5-3-9-17-15(11)13/h2-6,9,13,18H,7-8H2,1H3. The first-order valence-corrected chi connectivity index (χ1v) is 6.21. The van der Waals surface area contributed by atoms with E-state index in [9.17, 15) is 4.39 Å². The van der Waals surface area contributed by atoms with Gasteiger partial charge in [-0.15, -0.1) is 0 Å². The predicted octanol–water partition coefficient (Wildman–Crippen LogP) is 3.63. The maximum atomic E-state index is 13.8. The summed E-state index contributed by atoms with van der Waals surface area (Å²) < 4.78 is 13.8. The average Bonchev–Trinajstić information content (AvgIpc) is 2.77. The smallest absolute Gasteiger partial charge is 0.146 e. The summed E-state index contributed by atoms with van der Waals surface area (Å²) in [4.78, 5) is 4.41. The molecule has 0 bridgehead atoms. The van der Waals surface area contributed by atoms with Gasteiger partial charge in [-0.25, -0.2) is 4.39 Å². The molecule has 0 fully saturated rings. The second kappa shape index (κ2) is 4.41. The molecule has 92 valence electrons. The molecule has 1 unspecified atom stereocenters. The molecule has 2 aromatic rings. The molecule has 2 nitrogen and oxygen atoms in total. The van der Waals surface area contributed by atoms with Gasteiger partial charge in [-0.3, -0.25) is 4.98 Å². The van der Waals surface area contributed by atoms with Gasteiger partial charge in [0, 0.05) is 6.20 Å². The van der Waals surface area contributed by atoms with Gasteiger partial charge in [0.2, 0.25) is 0 Å². The number of benzene rings is 1. The van der Waals surface area contributed by atoms with Gasteiger partial charge in [0.15, 0.2) is 0 Å². The first-order chi connectivity index (χ1) is 8.75. The molecule has 0 spiro atoms. The number of hydrogen-bond acceptors (Lipinski definition) is 2. The molecular weight excluding hydrogens is 227 g/mol. The van der Waals surface area contributed by atoms with Crippen molar-refractivity contribution in [2.24, 2.45) is 0 Å². The fourth-order valence-corrected chi connectivity index (χ4v) is 2.54. The van der Waals surface area contributed by atoms with Crippen LogP contribution in [-0.2, 0) is 6.42 Å². The first-order valence-electron chi connectivity index (χ1n) is 6.21. The third kappa shape index (κ3) is 1.86. The number of para-hydroxylation sites is 1. The zero-order chi connectivity index (χ0) is 12.5. The highest BCUT2D eigenvalue weighted by atomic mass is 19.1. The molecule has 0 saturated carbocycles. The summed E-state index contributed by atoms with van der Waals surface area (Å²) >= 11 is 0. The third-order valence-corrected chi connectivity index (χ3v) is 3.50. The SMILES string of the molecule is Cc1cccc(F)c1NC1CCc2cccnc21. The Labute approximate surface area is 106 Å². The number of hydrogen-bond donors (Lipinski definition) is 1. The summed E-state index contributed by atoms with van der Waals surface area (Å²) in [5, 5.41) is 3.30. The van der Waals surface area contributed by atoms with Gasteiger partial charge in [-0.1, -0.05) is 18.2 Å². The molecule has 0 amide bonds. The van der Waals surface area contributed by atoms with Gasteiger partial charge in [-0.05, 0) is 43.0 Å². The van der Waals surface area contributed by atoms with E-state index in [1.54, 1.807) is 12.3 Å². The summed E-state index contributed by atoms with van der Waals surface area (Å²) in [6.45, 7) is 1.92. The Morgan fingerprint density at radius 1 is 1.28 bits per heavy atom. The third-order valence-electron chi connectivity index (χ3n) is 3.50. The second-order valence-corrected chi connectivity index (χ2v) is 4.72. The molecule has 1 aromatic heterocycles. The van der Waals surface area contributed by atoms with Crippen molar-refractivity contribution in [3.8, 4) is 0 Å². The number of fused-ring (bicyclic) bond motifs is 1. The van der Waals surface area contributed by atoms with Crippen LogP contribution in [0.5, 0.6) is 0 Å². The van der Waals surface area contributed by atoms with E-state index in [0.29, 0.717) is 5.69 Å². The maximum absolute atomic E-state index is 13.8. The van der Waals surface area contributed by atoms with Crippen molar-refractivity contribution < 1.29 is 4.39 Å². The van der Waals surface area contributed by atoms with E-state index in [0.717, 1.165) is 24.1 Å². The van der Waals surface area contributed by atoms with Crippen molar-refractivity contribution >= 4 is 5.69 Å². The molecule has 0 aliphatic heterocycles. The lowest BCUT2D eigenvalue weighted by molar-refractivity contribution is 0.622. The molecule has 1 heterocycles. The predicted molar refractivity (Wildman–Crippen MR) is 70.1 cm³/mol. The van der Waals surface area contributed by atoms with E-state index < -0.39 is 0 Å². The summed E-state index contributed by atoms with van der Waals surface area (Å²) in [5.74, 6) is -0.195. The van der Waals surface area contributed by atoms with Crippen molar-refractivity contribution in [3.63, 3.8) is 0 Å². The topological polar surface area (TPSA) is 24.9 Å². The van der Waals surface area contributed by atoms with Crippen LogP contribution in [0.4, 0.5) is 10.1 Å². The summed E-state index contributed by atoms with van der Waals surface area (Å²) in [5.41, 5.74) is 3.85. The van der Waals surface area contributed by atoms with Crippen LogP contribution in [0.2, 0.25) is 0 Å². The highest BCUT2D eigenvalue weighted by molar-refractivity contribution is 5.53. The quantitative estimate of drug-likeness (QED) is 0.869. The zero-order valence-electron chi connectivity index (χ0n) is 10.3. The molecule has 1 atom stereocenters. The summed E-state index contributed by atoms with van der Waals surface area (Å²) in [6.07, 6.45) is 3.78. The Balaban J connectivity index is 1.91. The van der Waals surface area contributed by atoms with E-state index in [-0.39, 0.29) is 11.9 Å². The highest BCUT2D eigenvalue weighted by Crippen LogP contribution is 2.33. The van der Waals surface area contributed by atoms with Crippen LogP contribution in [0.3, 0.4) is 0 Å². The lowest BCUT2D eigenvalue weighted by Crippen LogP contribution is -2.10. The van der Waals surface area contributed by atoms with E-state index in [4.69, 9.17) is 0 Å². The van der Waals surface area contributed by atoms with Crippen LogP contribution in [0.15, 0.2) is 36.5 Å². The van der Waals surface area contributed by atoms with Crippen molar-refractivity contribution in [1.29, 1.82) is 0 Å². The first kappa shape index (κ1) is 11.2. The van der Waals surface area contributed by atoms with E-state index in [2.05, 4.69) is 16.4 Å². The molecule has 0 radical (unpaired) electrons. The molecule has 3 rings (SSSR count). The number of aromatic nitrogens is 1. The van der Waals surface area contributed by atoms with Crippen LogP contribution in [0.1, 0.15) is 29.3 Å². The molecule has 1 aliphatic carbocycles. The van der Waals surface area contributed by atoms with Crippen LogP contribution < -0.4 is 5.32 Å². The van der Waals surface area contributed by atoms with Crippen molar-refractivity contribution in [2.45, 2.75) is 25.8 Å². The van der Waals surface area contributed by atoms with Gasteiger partial charge in [0.1, 0.15) is 5.82 Å². The second-order valence-electron chi connectivity index (χ2n) is 4.72. The van der Waals surface area contributed by atoms with Gasteiger partial charge in [-0.2, -0.15) is 0 Å². The fourth-order valence-electron chi connectivity index (χ4n) is 2.54. The number of nitrogens with zero attached hydrogens (tertiary/aromatic N) is 1. The molecular formula is C15H15FN2. The van der Waals surface area contributed by atoms with Crippen LogP contribution in [-0.4, -0.2) is 4.98 Å². The minimum Gasteiger partial charge on any atom is -0.374 e. The number of nitrogens with one attached hydrogen (secondary N) is 1. The number of aryl methyl sites for hydroxylation is 2. The monoisotopic (exact) mass is 242 g/mol. The van der Waals surface area contributed by atoms with Gasteiger partial charge in [0.05, 0.1) is 17.4 Å². The molecule has 0 saturated heterocycles. The Hall–Kier alpha value is -1.90. The Kier molecular flexibility index (Phi) is 2.74. The normalized spacial score (nSPS) is 17.6. The van der Waals surface area contributed by atoms with Crippen LogP contribution >= 0.6 is 0 Å². The van der Waals surface area contributed by atoms with Gasteiger partial charge < -0.3 is 5.32 Å². The molecule has 1 N–H and O–H groups in total. The molecule has 1 aliphatic rings.